The second kappa shape index (κ2) is 5.08. The van der Waals surface area contributed by atoms with Crippen molar-refractivity contribution in [2.24, 2.45) is 5.73 Å². The van der Waals surface area contributed by atoms with Crippen LogP contribution in [0.25, 0.3) is 0 Å². The molecule has 0 aliphatic carbocycles. The molecule has 15 heavy (non-hydrogen) atoms. The molecule has 0 spiro atoms. The third-order valence-corrected chi connectivity index (χ3v) is 7.16. The fraction of sp³-hybridized carbons (Fsp3) is 0.700. The monoisotopic (exact) mass is 260 g/mol. The average molecular weight is 260 g/mol. The van der Waals surface area contributed by atoms with Crippen LogP contribution in [0.4, 0.5) is 0 Å². The summed E-state index contributed by atoms with van der Waals surface area (Å²) >= 11 is 5.88. The number of rotatable bonds is 2. The Morgan fingerprint density at radius 1 is 1.47 bits per heavy atom. The van der Waals surface area contributed by atoms with E-state index in [9.17, 15) is 0 Å². The molecule has 1 aliphatic heterocycles. The van der Waals surface area contributed by atoms with E-state index in [1.54, 1.807) is 11.3 Å². The quantitative estimate of drug-likeness (QED) is 0.887. The number of thioether (sulfide) groups is 2. The first-order valence-corrected chi connectivity index (χ1v) is 7.99. The summed E-state index contributed by atoms with van der Waals surface area (Å²) in [5.74, 6) is 1.19. The molecule has 1 saturated heterocycles. The van der Waals surface area contributed by atoms with Crippen molar-refractivity contribution >= 4 is 34.9 Å². The predicted octanol–water partition coefficient (Wildman–Crippen LogP) is 2.90. The van der Waals surface area contributed by atoms with Gasteiger partial charge in [-0.2, -0.15) is 11.8 Å². The first-order chi connectivity index (χ1) is 7.20. The standard InChI is InChI=1S/C10H16N2S3/c1-6-7(2)15-9(5-13-6)10-12-8(3-11)4-14-10/h4,6-7,9H,3,5,11H2,1-2H3. The highest BCUT2D eigenvalue weighted by Crippen LogP contribution is 2.44. The molecular weight excluding hydrogens is 244 g/mol. The van der Waals surface area contributed by atoms with Gasteiger partial charge in [-0.1, -0.05) is 13.8 Å². The maximum absolute atomic E-state index is 5.57. The molecule has 1 aromatic rings. The maximum atomic E-state index is 5.57. The molecule has 2 N–H and O–H groups in total. The Balaban J connectivity index is 2.05. The first kappa shape index (κ1) is 11.8. The summed E-state index contributed by atoms with van der Waals surface area (Å²) in [6, 6.07) is 0. The highest BCUT2D eigenvalue weighted by Gasteiger charge is 2.28. The van der Waals surface area contributed by atoms with Gasteiger partial charge in [-0.25, -0.2) is 4.98 Å². The lowest BCUT2D eigenvalue weighted by Crippen LogP contribution is -2.21. The normalized spacial score (nSPS) is 31.8. The van der Waals surface area contributed by atoms with E-state index in [4.69, 9.17) is 5.73 Å². The zero-order valence-corrected chi connectivity index (χ0v) is 11.4. The molecule has 0 bridgehead atoms. The van der Waals surface area contributed by atoms with Crippen molar-refractivity contribution in [1.82, 2.24) is 4.98 Å². The van der Waals surface area contributed by atoms with Gasteiger partial charge in [-0.15, -0.1) is 23.1 Å². The van der Waals surface area contributed by atoms with Crippen LogP contribution in [0.2, 0.25) is 0 Å². The van der Waals surface area contributed by atoms with Crippen molar-refractivity contribution in [3.63, 3.8) is 0 Å². The van der Waals surface area contributed by atoms with Crippen molar-refractivity contribution in [3.05, 3.63) is 16.1 Å². The molecule has 0 saturated carbocycles. The van der Waals surface area contributed by atoms with Crippen LogP contribution in [-0.2, 0) is 6.54 Å². The van der Waals surface area contributed by atoms with E-state index >= 15 is 0 Å². The minimum Gasteiger partial charge on any atom is -0.325 e. The van der Waals surface area contributed by atoms with Gasteiger partial charge in [0.05, 0.1) is 10.9 Å². The van der Waals surface area contributed by atoms with Gasteiger partial charge < -0.3 is 5.73 Å². The number of hydrogen-bond acceptors (Lipinski definition) is 5. The van der Waals surface area contributed by atoms with E-state index in [0.29, 0.717) is 11.8 Å². The molecule has 2 nitrogen and oxygen atoms in total. The van der Waals surface area contributed by atoms with Gasteiger partial charge in [0.2, 0.25) is 0 Å². The summed E-state index contributed by atoms with van der Waals surface area (Å²) in [5, 5.41) is 5.40. The van der Waals surface area contributed by atoms with Crippen LogP contribution in [0, 0.1) is 0 Å². The van der Waals surface area contributed by atoms with Crippen LogP contribution >= 0.6 is 34.9 Å². The van der Waals surface area contributed by atoms with Gasteiger partial charge in [-0.3, -0.25) is 0 Å². The van der Waals surface area contributed by atoms with Gasteiger partial charge in [0.1, 0.15) is 5.01 Å². The molecule has 2 heterocycles. The van der Waals surface area contributed by atoms with E-state index in [2.05, 4.69) is 47.7 Å². The lowest BCUT2D eigenvalue weighted by Gasteiger charge is -2.30. The largest absolute Gasteiger partial charge is 0.325 e. The van der Waals surface area contributed by atoms with Crippen LogP contribution in [0.1, 0.15) is 29.8 Å². The molecule has 3 atom stereocenters. The fourth-order valence-corrected chi connectivity index (χ4v) is 5.52. The summed E-state index contributed by atoms with van der Waals surface area (Å²) in [4.78, 5) is 4.57. The SMILES string of the molecule is CC1SCC(c2nc(CN)cs2)SC1C. The molecule has 0 amide bonds. The second-order valence-electron chi connectivity index (χ2n) is 3.75. The fourth-order valence-electron chi connectivity index (χ4n) is 1.48. The number of nitrogens with zero attached hydrogens (tertiary/aromatic N) is 1. The number of hydrogen-bond donors (Lipinski definition) is 1. The third-order valence-electron chi connectivity index (χ3n) is 2.60. The molecule has 1 fully saturated rings. The lowest BCUT2D eigenvalue weighted by molar-refractivity contribution is 0.885. The number of nitrogens with two attached hydrogens (primary N) is 1. The zero-order valence-electron chi connectivity index (χ0n) is 8.97. The van der Waals surface area contributed by atoms with E-state index in [1.165, 1.54) is 10.8 Å². The molecule has 2 rings (SSSR count). The van der Waals surface area contributed by atoms with E-state index < -0.39 is 0 Å². The van der Waals surface area contributed by atoms with Crippen LogP contribution in [0.5, 0.6) is 0 Å². The van der Waals surface area contributed by atoms with E-state index in [-0.39, 0.29) is 0 Å². The Bertz CT molecular complexity index is 326. The average Bonchev–Trinajstić information content (AvgIpc) is 2.70. The predicted molar refractivity (Wildman–Crippen MR) is 71.7 cm³/mol. The van der Waals surface area contributed by atoms with Crippen molar-refractivity contribution in [2.75, 3.05) is 5.75 Å². The zero-order chi connectivity index (χ0) is 10.8. The minimum absolute atomic E-state index is 0.562. The van der Waals surface area contributed by atoms with E-state index in [1.807, 2.05) is 0 Å². The summed E-state index contributed by atoms with van der Waals surface area (Å²) in [6.07, 6.45) is 0. The van der Waals surface area contributed by atoms with Crippen LogP contribution in [-0.4, -0.2) is 21.2 Å². The molecule has 1 aliphatic rings. The summed E-state index contributed by atoms with van der Waals surface area (Å²) in [5.41, 5.74) is 6.61. The van der Waals surface area contributed by atoms with Crippen molar-refractivity contribution < 1.29 is 0 Å². The van der Waals surface area contributed by atoms with Gasteiger partial charge in [0.15, 0.2) is 0 Å². The van der Waals surface area contributed by atoms with Crippen molar-refractivity contribution in [2.45, 2.75) is 36.1 Å². The topological polar surface area (TPSA) is 38.9 Å². The van der Waals surface area contributed by atoms with Crippen LogP contribution in [0.3, 0.4) is 0 Å². The van der Waals surface area contributed by atoms with Gasteiger partial charge in [0, 0.05) is 28.2 Å². The summed E-state index contributed by atoms with van der Waals surface area (Å²) in [7, 11) is 0. The van der Waals surface area contributed by atoms with E-state index in [0.717, 1.165) is 16.2 Å². The van der Waals surface area contributed by atoms with Crippen LogP contribution in [0.15, 0.2) is 5.38 Å². The molecule has 0 aromatic carbocycles. The Kier molecular flexibility index (Phi) is 3.98. The van der Waals surface area contributed by atoms with Crippen molar-refractivity contribution in [1.29, 1.82) is 0 Å². The first-order valence-electron chi connectivity index (χ1n) is 5.12. The lowest BCUT2D eigenvalue weighted by atomic mass is 10.4. The number of aromatic nitrogens is 1. The second-order valence-corrected chi connectivity index (χ2v) is 7.63. The van der Waals surface area contributed by atoms with Gasteiger partial charge >= 0.3 is 0 Å². The Morgan fingerprint density at radius 3 is 2.87 bits per heavy atom. The highest BCUT2D eigenvalue weighted by atomic mass is 32.2. The van der Waals surface area contributed by atoms with Gasteiger partial charge in [0.25, 0.3) is 0 Å². The number of thiazole rings is 1. The minimum atomic E-state index is 0.562. The summed E-state index contributed by atoms with van der Waals surface area (Å²) in [6.45, 7) is 5.19. The maximum Gasteiger partial charge on any atom is 0.107 e. The Labute approximate surface area is 103 Å². The highest BCUT2D eigenvalue weighted by molar-refractivity contribution is 8.07. The molecule has 84 valence electrons. The molecular formula is C10H16N2S3. The van der Waals surface area contributed by atoms with Crippen molar-refractivity contribution in [3.8, 4) is 0 Å². The Morgan fingerprint density at radius 2 is 2.27 bits per heavy atom. The Hall–Kier alpha value is 0.290. The molecule has 5 heteroatoms. The van der Waals surface area contributed by atoms with Crippen LogP contribution < -0.4 is 5.73 Å². The third kappa shape index (κ3) is 2.70. The van der Waals surface area contributed by atoms with Gasteiger partial charge in [-0.05, 0) is 0 Å². The summed E-state index contributed by atoms with van der Waals surface area (Å²) < 4.78 is 0. The molecule has 1 aromatic heterocycles. The molecule has 0 radical (unpaired) electrons. The smallest absolute Gasteiger partial charge is 0.107 e. The molecule has 3 unspecified atom stereocenters.